The summed E-state index contributed by atoms with van der Waals surface area (Å²) in [5.41, 5.74) is 0. The van der Waals surface area contributed by atoms with E-state index in [9.17, 15) is 8.78 Å². The van der Waals surface area contributed by atoms with Crippen molar-refractivity contribution in [2.75, 3.05) is 6.61 Å². The number of alkyl halides is 2. The summed E-state index contributed by atoms with van der Waals surface area (Å²) >= 11 is 0. The van der Waals surface area contributed by atoms with Gasteiger partial charge in [0.2, 0.25) is 0 Å². The molecule has 0 N–H and O–H groups in total. The molecule has 0 spiro atoms. The summed E-state index contributed by atoms with van der Waals surface area (Å²) in [6, 6.07) is 0. The summed E-state index contributed by atoms with van der Waals surface area (Å²) < 4.78 is 23.2. The number of hydrogen-bond acceptors (Lipinski definition) is 2. The van der Waals surface area contributed by atoms with Gasteiger partial charge in [-0.1, -0.05) is 0 Å². The van der Waals surface area contributed by atoms with Crippen molar-refractivity contribution in [3.8, 4) is 0 Å². The average Bonchev–Trinajstić information content (AvgIpc) is 1.84. The Hall–Kier alpha value is -0.220. The third-order valence-corrected chi connectivity index (χ3v) is 0.657. The lowest BCUT2D eigenvalue weighted by Gasteiger charge is -1.99. The highest BCUT2D eigenvalue weighted by Gasteiger charge is 2.36. The minimum atomic E-state index is -3.03. The second kappa shape index (κ2) is 1.38. The molecule has 0 unspecified atom stereocenters. The van der Waals surface area contributed by atoms with Crippen molar-refractivity contribution >= 4 is 0 Å². The van der Waals surface area contributed by atoms with Crippen molar-refractivity contribution in [2.24, 2.45) is 0 Å². The number of halogens is 2. The minimum absolute atomic E-state index is 0.00694. The zero-order valence-electron chi connectivity index (χ0n) is 3.49. The minimum Gasteiger partial charge on any atom is -0.231 e. The maximum Gasteiger partial charge on any atom is 0.383 e. The molecular weight excluding hydrogens is 106 g/mol. The van der Waals surface area contributed by atoms with E-state index in [1.165, 1.54) is 0 Å². The van der Waals surface area contributed by atoms with Gasteiger partial charge < -0.3 is 0 Å². The van der Waals surface area contributed by atoms with Gasteiger partial charge in [-0.3, -0.25) is 0 Å². The molecule has 0 saturated carbocycles. The lowest BCUT2D eigenvalue weighted by Crippen LogP contribution is -2.11. The van der Waals surface area contributed by atoms with Gasteiger partial charge >= 0.3 is 6.11 Å². The maximum atomic E-state index is 11.6. The van der Waals surface area contributed by atoms with Gasteiger partial charge in [-0.05, 0) is 0 Å². The van der Waals surface area contributed by atoms with Gasteiger partial charge in [0.15, 0.2) is 0 Å². The van der Waals surface area contributed by atoms with Gasteiger partial charge in [-0.15, -0.1) is 0 Å². The predicted molar refractivity (Wildman–Crippen MR) is 16.6 cm³/mol. The first kappa shape index (κ1) is 4.93. The largest absolute Gasteiger partial charge is 0.383 e. The van der Waals surface area contributed by atoms with E-state index in [0.717, 1.165) is 0 Å². The molecule has 1 saturated heterocycles. The van der Waals surface area contributed by atoms with Crippen molar-refractivity contribution in [1.82, 2.24) is 0 Å². The normalized spacial score (nSPS) is 28.3. The number of hydrogen-bond donors (Lipinski definition) is 0. The fourth-order valence-corrected chi connectivity index (χ4v) is 0.330. The summed E-state index contributed by atoms with van der Waals surface area (Å²) in [5, 5.41) is 0. The summed E-state index contributed by atoms with van der Waals surface area (Å²) in [7, 11) is 0. The lowest BCUT2D eigenvalue weighted by atomic mass is 10.5. The van der Waals surface area contributed by atoms with Gasteiger partial charge in [0.1, 0.15) is 0 Å². The predicted octanol–water partition coefficient (Wildman–Crippen LogP) is 0.931. The summed E-state index contributed by atoms with van der Waals surface area (Å²) in [5.74, 6) is 0. The third-order valence-electron chi connectivity index (χ3n) is 0.657. The molecule has 2 nitrogen and oxygen atoms in total. The van der Waals surface area contributed by atoms with Gasteiger partial charge in [-0.25, -0.2) is 4.89 Å². The van der Waals surface area contributed by atoms with E-state index in [1.54, 1.807) is 0 Å². The van der Waals surface area contributed by atoms with Crippen molar-refractivity contribution in [3.05, 3.63) is 0 Å². The fourth-order valence-electron chi connectivity index (χ4n) is 0.330. The van der Waals surface area contributed by atoms with E-state index in [-0.39, 0.29) is 13.0 Å². The van der Waals surface area contributed by atoms with Crippen LogP contribution in [0.5, 0.6) is 0 Å². The summed E-state index contributed by atoms with van der Waals surface area (Å²) in [6.07, 6.45) is -3.35. The second-order valence-corrected chi connectivity index (χ2v) is 1.29. The highest BCUT2D eigenvalue weighted by atomic mass is 19.3. The topological polar surface area (TPSA) is 18.5 Å². The van der Waals surface area contributed by atoms with Crippen molar-refractivity contribution in [3.63, 3.8) is 0 Å². The monoisotopic (exact) mass is 110 g/mol. The van der Waals surface area contributed by atoms with Crippen LogP contribution in [0.1, 0.15) is 6.42 Å². The Morgan fingerprint density at radius 2 is 2.14 bits per heavy atom. The zero-order chi connectivity index (χ0) is 5.33. The molecule has 7 heavy (non-hydrogen) atoms. The fraction of sp³-hybridized carbons (Fsp3) is 1.00. The SMILES string of the molecule is FC1(F)CCOO1. The van der Waals surface area contributed by atoms with E-state index in [1.807, 2.05) is 0 Å². The molecule has 4 heteroatoms. The smallest absolute Gasteiger partial charge is 0.231 e. The van der Waals surface area contributed by atoms with Crippen LogP contribution in [0, 0.1) is 0 Å². The Morgan fingerprint density at radius 1 is 1.43 bits per heavy atom. The Labute approximate surface area is 39.0 Å². The Bertz CT molecular complexity index is 65.3. The molecule has 0 aromatic carbocycles. The molecule has 1 aliphatic heterocycles. The molecule has 1 rings (SSSR count). The zero-order valence-corrected chi connectivity index (χ0v) is 3.49. The molecule has 0 bridgehead atoms. The van der Waals surface area contributed by atoms with Crippen molar-refractivity contribution in [2.45, 2.75) is 12.5 Å². The molecule has 1 aliphatic rings. The third kappa shape index (κ3) is 1.07. The van der Waals surface area contributed by atoms with Gasteiger partial charge in [-0.2, -0.15) is 13.7 Å². The van der Waals surface area contributed by atoms with Gasteiger partial charge in [0, 0.05) is 0 Å². The quantitative estimate of drug-likeness (QED) is 0.432. The van der Waals surface area contributed by atoms with Crippen LogP contribution in [0.15, 0.2) is 0 Å². The van der Waals surface area contributed by atoms with Crippen LogP contribution in [0.4, 0.5) is 8.78 Å². The van der Waals surface area contributed by atoms with Crippen molar-refractivity contribution < 1.29 is 18.6 Å². The van der Waals surface area contributed by atoms with E-state index >= 15 is 0 Å². The summed E-state index contributed by atoms with van der Waals surface area (Å²) in [4.78, 5) is 7.42. The molecule has 0 aliphatic carbocycles. The van der Waals surface area contributed by atoms with E-state index < -0.39 is 6.11 Å². The van der Waals surface area contributed by atoms with E-state index in [4.69, 9.17) is 0 Å². The van der Waals surface area contributed by atoms with Crippen LogP contribution in [0.25, 0.3) is 0 Å². The molecule has 0 radical (unpaired) electrons. The van der Waals surface area contributed by atoms with Crippen LogP contribution >= 0.6 is 0 Å². The molecule has 1 fully saturated rings. The van der Waals surface area contributed by atoms with Crippen LogP contribution in [-0.4, -0.2) is 12.7 Å². The number of rotatable bonds is 0. The second-order valence-electron chi connectivity index (χ2n) is 1.29. The van der Waals surface area contributed by atoms with Crippen LogP contribution in [0.2, 0.25) is 0 Å². The standard InChI is InChI=1S/C3H4F2O2/c4-3(5)1-2-6-7-3/h1-2H2. The van der Waals surface area contributed by atoms with Crippen LogP contribution in [0.3, 0.4) is 0 Å². The Morgan fingerprint density at radius 3 is 2.29 bits per heavy atom. The average molecular weight is 110 g/mol. The molecule has 0 amide bonds. The molecule has 1 heterocycles. The highest BCUT2D eigenvalue weighted by molar-refractivity contribution is 4.51. The first-order valence-corrected chi connectivity index (χ1v) is 1.89. The van der Waals surface area contributed by atoms with Crippen LogP contribution in [-0.2, 0) is 9.78 Å². The summed E-state index contributed by atoms with van der Waals surface area (Å²) in [6.45, 7) is -0.00694. The Balaban J connectivity index is 2.40. The van der Waals surface area contributed by atoms with E-state index in [2.05, 4.69) is 9.78 Å². The lowest BCUT2D eigenvalue weighted by molar-refractivity contribution is -0.386. The molecular formula is C3H4F2O2. The first-order chi connectivity index (χ1) is 3.21. The maximum absolute atomic E-state index is 11.6. The molecule has 0 atom stereocenters. The molecule has 0 aromatic rings. The molecule has 0 aromatic heterocycles. The highest BCUT2D eigenvalue weighted by Crippen LogP contribution is 2.25. The van der Waals surface area contributed by atoms with Crippen LogP contribution < -0.4 is 0 Å². The Kier molecular flexibility index (Phi) is 0.972. The molecule has 42 valence electrons. The van der Waals surface area contributed by atoms with E-state index in [0.29, 0.717) is 0 Å². The van der Waals surface area contributed by atoms with Gasteiger partial charge in [0.05, 0.1) is 13.0 Å². The first-order valence-electron chi connectivity index (χ1n) is 1.89. The van der Waals surface area contributed by atoms with Crippen molar-refractivity contribution in [1.29, 1.82) is 0 Å². The van der Waals surface area contributed by atoms with Gasteiger partial charge in [0.25, 0.3) is 0 Å².